The largest absolute Gasteiger partial charge is 0.338 e. The molecule has 23 heavy (non-hydrogen) atoms. The Balaban J connectivity index is 1.84. The van der Waals surface area contributed by atoms with Gasteiger partial charge in [0, 0.05) is 35.1 Å². The summed E-state index contributed by atoms with van der Waals surface area (Å²) in [6, 6.07) is 5.90. The number of anilines is 2. The lowest BCUT2D eigenvalue weighted by molar-refractivity contribution is 1.25. The lowest BCUT2D eigenvalue weighted by Crippen LogP contribution is -1.95. The van der Waals surface area contributed by atoms with Gasteiger partial charge < -0.3 is 10.3 Å². The molecular formula is C16H10N6S. The van der Waals surface area contributed by atoms with E-state index in [-0.39, 0.29) is 0 Å². The number of nitrogens with one attached hydrogen (secondary N) is 2. The maximum absolute atomic E-state index is 4.79. The number of hydrogen-bond acceptors (Lipinski definition) is 6. The molecule has 2 N–H and O–H groups in total. The summed E-state index contributed by atoms with van der Waals surface area (Å²) in [7, 11) is 0. The molecule has 6 nitrogen and oxygen atoms in total. The lowest BCUT2D eigenvalue weighted by atomic mass is 10.1. The molecule has 4 aromatic heterocycles. The standard InChI is InChI=1S/C16H10N6S/c1-2-10-13-12(21-15(22-13)16-19-6-7-23-16)9-3-5-17-8-11(9)20-14(10)18-4-1/h1-8H,(H,18,20)(H,21,22). The van der Waals surface area contributed by atoms with Gasteiger partial charge in [0.05, 0.1) is 17.6 Å². The van der Waals surface area contributed by atoms with E-state index >= 15 is 0 Å². The van der Waals surface area contributed by atoms with Gasteiger partial charge in [0.1, 0.15) is 11.5 Å². The van der Waals surface area contributed by atoms with Crippen LogP contribution in [0.4, 0.5) is 11.5 Å². The predicted octanol–water partition coefficient (Wildman–Crippen LogP) is 3.71. The fraction of sp³-hybridized carbons (Fsp3) is 0. The van der Waals surface area contributed by atoms with E-state index < -0.39 is 0 Å². The van der Waals surface area contributed by atoms with Crippen LogP contribution in [-0.2, 0) is 0 Å². The first-order valence-electron chi connectivity index (χ1n) is 7.07. The van der Waals surface area contributed by atoms with Gasteiger partial charge in [0.15, 0.2) is 10.8 Å². The maximum atomic E-state index is 4.79. The average molecular weight is 318 g/mol. The fourth-order valence-electron chi connectivity index (χ4n) is 2.74. The van der Waals surface area contributed by atoms with Crippen LogP contribution in [0, 0.1) is 0 Å². The molecule has 1 aliphatic heterocycles. The van der Waals surface area contributed by atoms with Crippen molar-refractivity contribution >= 4 is 22.8 Å². The Morgan fingerprint density at radius 2 is 2.00 bits per heavy atom. The molecule has 4 aromatic rings. The second kappa shape index (κ2) is 4.72. The summed E-state index contributed by atoms with van der Waals surface area (Å²) in [6.45, 7) is 0. The molecule has 0 amide bonds. The van der Waals surface area contributed by atoms with Crippen molar-refractivity contribution in [2.75, 3.05) is 5.32 Å². The summed E-state index contributed by atoms with van der Waals surface area (Å²) >= 11 is 1.56. The molecule has 5 rings (SSSR count). The summed E-state index contributed by atoms with van der Waals surface area (Å²) in [5.74, 6) is 1.54. The Bertz CT molecular complexity index is 942. The third-order valence-electron chi connectivity index (χ3n) is 3.75. The van der Waals surface area contributed by atoms with Gasteiger partial charge in [0.2, 0.25) is 0 Å². The van der Waals surface area contributed by atoms with E-state index in [1.165, 1.54) is 0 Å². The van der Waals surface area contributed by atoms with Crippen molar-refractivity contribution < 1.29 is 0 Å². The zero-order valence-corrected chi connectivity index (χ0v) is 12.6. The summed E-state index contributed by atoms with van der Waals surface area (Å²) < 4.78 is 0. The second-order valence-electron chi connectivity index (χ2n) is 5.09. The number of pyridine rings is 2. The molecule has 0 unspecified atom stereocenters. The number of rotatable bonds is 1. The van der Waals surface area contributed by atoms with E-state index in [1.54, 1.807) is 36.1 Å². The number of aromatic nitrogens is 5. The van der Waals surface area contributed by atoms with Crippen molar-refractivity contribution in [3.05, 3.63) is 48.4 Å². The van der Waals surface area contributed by atoms with Crippen molar-refractivity contribution in [3.63, 3.8) is 0 Å². The Morgan fingerprint density at radius 1 is 1.00 bits per heavy atom. The van der Waals surface area contributed by atoms with Gasteiger partial charge in [-0.2, -0.15) is 0 Å². The van der Waals surface area contributed by atoms with Gasteiger partial charge in [0.25, 0.3) is 0 Å². The van der Waals surface area contributed by atoms with E-state index in [9.17, 15) is 0 Å². The molecule has 0 atom stereocenters. The van der Waals surface area contributed by atoms with Crippen LogP contribution in [0.1, 0.15) is 0 Å². The van der Waals surface area contributed by atoms with Crippen molar-refractivity contribution in [2.45, 2.75) is 0 Å². The number of hydrogen-bond donors (Lipinski definition) is 2. The molecule has 110 valence electrons. The van der Waals surface area contributed by atoms with Gasteiger partial charge in [-0.25, -0.2) is 15.0 Å². The van der Waals surface area contributed by atoms with Crippen molar-refractivity contribution in [2.24, 2.45) is 0 Å². The summed E-state index contributed by atoms with van der Waals surface area (Å²) in [5, 5.41) is 6.15. The first kappa shape index (κ1) is 12.5. The molecule has 0 aromatic carbocycles. The fourth-order valence-corrected chi connectivity index (χ4v) is 3.32. The van der Waals surface area contributed by atoms with Crippen LogP contribution in [0.2, 0.25) is 0 Å². The molecule has 0 radical (unpaired) electrons. The van der Waals surface area contributed by atoms with Crippen LogP contribution >= 0.6 is 11.3 Å². The molecular weight excluding hydrogens is 308 g/mol. The zero-order chi connectivity index (χ0) is 15.2. The van der Waals surface area contributed by atoms with Crippen molar-refractivity contribution in [3.8, 4) is 33.3 Å². The topological polar surface area (TPSA) is 79.4 Å². The van der Waals surface area contributed by atoms with Gasteiger partial charge in [-0.1, -0.05) is 0 Å². The Labute approximate surface area is 135 Å². The van der Waals surface area contributed by atoms with E-state index in [0.717, 1.165) is 44.9 Å². The van der Waals surface area contributed by atoms with Crippen LogP contribution in [0.25, 0.3) is 33.3 Å². The third kappa shape index (κ3) is 1.87. The molecule has 0 saturated heterocycles. The van der Waals surface area contributed by atoms with E-state index in [1.807, 2.05) is 23.6 Å². The third-order valence-corrected chi connectivity index (χ3v) is 4.52. The molecule has 0 saturated carbocycles. The quantitative estimate of drug-likeness (QED) is 0.492. The molecule has 0 bridgehead atoms. The number of aromatic amines is 1. The normalized spacial score (nSPS) is 11.8. The Morgan fingerprint density at radius 3 is 2.91 bits per heavy atom. The summed E-state index contributed by atoms with van der Waals surface area (Å²) in [6.07, 6.45) is 7.12. The van der Waals surface area contributed by atoms with Crippen molar-refractivity contribution in [1.29, 1.82) is 0 Å². The number of nitrogens with zero attached hydrogens (tertiary/aromatic N) is 4. The Hall–Kier alpha value is -3.06. The number of imidazole rings is 1. The van der Waals surface area contributed by atoms with E-state index in [0.29, 0.717) is 0 Å². The summed E-state index contributed by atoms with van der Waals surface area (Å²) in [5.41, 5.74) is 4.70. The molecule has 0 fully saturated rings. The van der Waals surface area contributed by atoms with Crippen LogP contribution in [0.5, 0.6) is 0 Å². The minimum atomic E-state index is 0.768. The minimum Gasteiger partial charge on any atom is -0.338 e. The zero-order valence-electron chi connectivity index (χ0n) is 11.8. The molecule has 1 aliphatic rings. The van der Waals surface area contributed by atoms with E-state index in [4.69, 9.17) is 4.98 Å². The summed E-state index contributed by atoms with van der Waals surface area (Å²) in [4.78, 5) is 21.2. The lowest BCUT2D eigenvalue weighted by Gasteiger charge is -2.07. The first-order chi connectivity index (χ1) is 11.4. The maximum Gasteiger partial charge on any atom is 0.167 e. The highest BCUT2D eigenvalue weighted by atomic mass is 32.1. The van der Waals surface area contributed by atoms with Gasteiger partial charge >= 0.3 is 0 Å². The van der Waals surface area contributed by atoms with E-state index in [2.05, 4.69) is 25.3 Å². The highest BCUT2D eigenvalue weighted by Gasteiger charge is 2.24. The SMILES string of the molecule is c1cnc2c(c1)-c1nc(-c3nccs3)[nH]c1-c1ccncc1N2. The number of thiazole rings is 1. The first-order valence-corrected chi connectivity index (χ1v) is 7.95. The molecule has 7 heteroatoms. The minimum absolute atomic E-state index is 0.768. The predicted molar refractivity (Wildman–Crippen MR) is 89.4 cm³/mol. The molecule has 5 heterocycles. The van der Waals surface area contributed by atoms with Gasteiger partial charge in [-0.15, -0.1) is 11.3 Å². The number of H-pyrrole nitrogens is 1. The van der Waals surface area contributed by atoms with Crippen LogP contribution in [0.15, 0.2) is 48.4 Å². The smallest absolute Gasteiger partial charge is 0.167 e. The highest BCUT2D eigenvalue weighted by molar-refractivity contribution is 7.13. The highest BCUT2D eigenvalue weighted by Crippen LogP contribution is 2.42. The second-order valence-corrected chi connectivity index (χ2v) is 5.99. The van der Waals surface area contributed by atoms with Crippen LogP contribution in [0.3, 0.4) is 0 Å². The monoisotopic (exact) mass is 318 g/mol. The molecule has 0 aliphatic carbocycles. The average Bonchev–Trinajstić information content (AvgIpc) is 3.23. The molecule has 0 spiro atoms. The van der Waals surface area contributed by atoms with Gasteiger partial charge in [-0.05, 0) is 18.2 Å². The van der Waals surface area contributed by atoms with Crippen LogP contribution < -0.4 is 5.32 Å². The van der Waals surface area contributed by atoms with Crippen molar-refractivity contribution in [1.82, 2.24) is 24.9 Å². The Kier molecular flexibility index (Phi) is 2.56. The van der Waals surface area contributed by atoms with Gasteiger partial charge in [-0.3, -0.25) is 4.98 Å². The van der Waals surface area contributed by atoms with Crippen LogP contribution in [-0.4, -0.2) is 24.9 Å². The number of fused-ring (bicyclic) bond motifs is 5.